The molecule has 140 valence electrons. The Balaban J connectivity index is 1.60. The van der Waals surface area contributed by atoms with Crippen LogP contribution in [0.15, 0.2) is 52.4 Å². The zero-order valence-corrected chi connectivity index (χ0v) is 16.6. The first kappa shape index (κ1) is 18.3. The van der Waals surface area contributed by atoms with Gasteiger partial charge in [-0.2, -0.15) is 0 Å². The van der Waals surface area contributed by atoms with E-state index in [9.17, 15) is 4.79 Å². The zero-order valence-electron chi connectivity index (χ0n) is 15.1. The van der Waals surface area contributed by atoms with E-state index >= 15 is 0 Å². The van der Waals surface area contributed by atoms with E-state index < -0.39 is 5.91 Å². The number of hydrogen-bond donors (Lipinski definition) is 1. The number of nitrogens with one attached hydrogen (secondary N) is 1. The van der Waals surface area contributed by atoms with E-state index in [1.54, 1.807) is 37.4 Å². The van der Waals surface area contributed by atoms with Crippen molar-refractivity contribution in [1.29, 1.82) is 0 Å². The van der Waals surface area contributed by atoms with Crippen molar-refractivity contribution in [3.05, 3.63) is 70.2 Å². The van der Waals surface area contributed by atoms with Crippen LogP contribution in [0.5, 0.6) is 0 Å². The normalized spacial score (nSPS) is 10.8. The maximum absolute atomic E-state index is 12.8. The molecule has 3 heterocycles. The Bertz CT molecular complexity index is 1150. The van der Waals surface area contributed by atoms with Crippen molar-refractivity contribution in [3.8, 4) is 22.6 Å². The molecule has 0 aliphatic rings. The molecule has 0 spiro atoms. The zero-order chi connectivity index (χ0) is 19.7. The first-order valence-corrected chi connectivity index (χ1v) is 9.69. The van der Waals surface area contributed by atoms with Gasteiger partial charge in [0.1, 0.15) is 11.4 Å². The second kappa shape index (κ2) is 7.53. The summed E-state index contributed by atoms with van der Waals surface area (Å²) >= 11 is 7.27. The molecule has 0 fully saturated rings. The van der Waals surface area contributed by atoms with Gasteiger partial charge in [-0.3, -0.25) is 15.1 Å². The molecule has 0 unspecified atom stereocenters. The average Bonchev–Trinajstić information content (AvgIpc) is 3.29. The highest BCUT2D eigenvalue weighted by molar-refractivity contribution is 7.14. The number of hydrogen-bond acceptors (Lipinski definition) is 6. The summed E-state index contributed by atoms with van der Waals surface area (Å²) in [4.78, 5) is 25.9. The fourth-order valence-corrected chi connectivity index (χ4v) is 3.55. The molecule has 1 N–H and O–H groups in total. The molecule has 0 bridgehead atoms. The number of nitrogens with zero attached hydrogens (tertiary/aromatic N) is 3. The fourth-order valence-electron chi connectivity index (χ4n) is 2.73. The number of benzene rings is 1. The number of amides is 1. The lowest BCUT2D eigenvalue weighted by molar-refractivity contribution is 0.0996. The van der Waals surface area contributed by atoms with E-state index in [4.69, 9.17) is 16.0 Å². The minimum absolute atomic E-state index is 0.130. The molecule has 4 rings (SSSR count). The Hall–Kier alpha value is -3.03. The minimum atomic E-state index is -0.413. The van der Waals surface area contributed by atoms with Crippen molar-refractivity contribution >= 4 is 34.0 Å². The number of carbonyl (C=O) groups is 1. The number of pyridine rings is 1. The van der Waals surface area contributed by atoms with Gasteiger partial charge in [0, 0.05) is 29.1 Å². The highest BCUT2D eigenvalue weighted by atomic mass is 35.5. The van der Waals surface area contributed by atoms with E-state index in [-0.39, 0.29) is 5.76 Å². The third-order valence-corrected chi connectivity index (χ3v) is 5.04. The SMILES string of the molecule is Cc1nc(-c2ccc(Cl)cc2)c(C(=O)Nc2nc(-c3ncccc3C)cs2)o1. The van der Waals surface area contributed by atoms with Crippen LogP contribution in [0, 0.1) is 13.8 Å². The third-order valence-electron chi connectivity index (χ3n) is 4.03. The number of thiazole rings is 1. The second-order valence-electron chi connectivity index (χ2n) is 6.08. The largest absolute Gasteiger partial charge is 0.435 e. The lowest BCUT2D eigenvalue weighted by Crippen LogP contribution is -2.12. The molecular formula is C20H15ClN4O2S. The minimum Gasteiger partial charge on any atom is -0.435 e. The second-order valence-corrected chi connectivity index (χ2v) is 7.37. The van der Waals surface area contributed by atoms with Crippen LogP contribution in [0.3, 0.4) is 0 Å². The average molecular weight is 411 g/mol. The van der Waals surface area contributed by atoms with Crippen molar-refractivity contribution in [2.24, 2.45) is 0 Å². The van der Waals surface area contributed by atoms with Crippen LogP contribution < -0.4 is 5.32 Å². The summed E-state index contributed by atoms with van der Waals surface area (Å²) in [5, 5.41) is 5.71. The molecule has 0 saturated heterocycles. The van der Waals surface area contributed by atoms with Gasteiger partial charge in [0.05, 0.1) is 5.69 Å². The van der Waals surface area contributed by atoms with Gasteiger partial charge >= 0.3 is 0 Å². The number of halogens is 1. The van der Waals surface area contributed by atoms with E-state index in [1.807, 2.05) is 24.4 Å². The van der Waals surface area contributed by atoms with E-state index in [1.165, 1.54) is 11.3 Å². The molecule has 4 aromatic rings. The predicted molar refractivity (Wildman–Crippen MR) is 110 cm³/mol. The molecule has 0 saturated carbocycles. The molecule has 1 aromatic carbocycles. The number of carbonyl (C=O) groups excluding carboxylic acids is 1. The van der Waals surface area contributed by atoms with Crippen LogP contribution >= 0.6 is 22.9 Å². The van der Waals surface area contributed by atoms with Gasteiger partial charge in [-0.15, -0.1) is 11.3 Å². The van der Waals surface area contributed by atoms with Crippen molar-refractivity contribution < 1.29 is 9.21 Å². The molecule has 28 heavy (non-hydrogen) atoms. The van der Waals surface area contributed by atoms with Gasteiger partial charge in [-0.25, -0.2) is 9.97 Å². The standard InChI is InChI=1S/C20H15ClN4O2S/c1-11-4-3-9-22-16(11)15-10-28-20(24-15)25-19(26)18-17(23-12(2)27-18)13-5-7-14(21)8-6-13/h3-10H,1-2H3,(H,24,25,26). The van der Waals surface area contributed by atoms with Crippen LogP contribution in [0.1, 0.15) is 22.0 Å². The number of anilines is 1. The summed E-state index contributed by atoms with van der Waals surface area (Å²) in [5.41, 5.74) is 3.72. The quantitative estimate of drug-likeness (QED) is 0.488. The topological polar surface area (TPSA) is 80.9 Å². The summed E-state index contributed by atoms with van der Waals surface area (Å²) in [5.74, 6) is 0.119. The lowest BCUT2D eigenvalue weighted by Gasteiger charge is -2.02. The predicted octanol–water partition coefficient (Wildman–Crippen LogP) is 5.38. The number of aryl methyl sites for hydroxylation is 2. The summed E-state index contributed by atoms with van der Waals surface area (Å²) in [7, 11) is 0. The number of rotatable bonds is 4. The van der Waals surface area contributed by atoms with Crippen LogP contribution in [-0.2, 0) is 0 Å². The van der Waals surface area contributed by atoms with Gasteiger partial charge in [0.2, 0.25) is 5.76 Å². The number of aromatic nitrogens is 3. The Kier molecular flexibility index (Phi) is 4.93. The summed E-state index contributed by atoms with van der Waals surface area (Å²) in [6.07, 6.45) is 1.72. The fraction of sp³-hybridized carbons (Fsp3) is 0.100. The third kappa shape index (κ3) is 3.67. The Morgan fingerprint density at radius 1 is 1.11 bits per heavy atom. The van der Waals surface area contributed by atoms with Crippen LogP contribution in [0.25, 0.3) is 22.6 Å². The van der Waals surface area contributed by atoms with Gasteiger partial charge in [-0.1, -0.05) is 29.8 Å². The van der Waals surface area contributed by atoms with Crippen LogP contribution in [-0.4, -0.2) is 20.9 Å². The molecule has 0 aliphatic heterocycles. The first-order chi connectivity index (χ1) is 13.5. The Morgan fingerprint density at radius 3 is 2.64 bits per heavy atom. The molecule has 0 aliphatic carbocycles. The molecule has 1 amide bonds. The van der Waals surface area contributed by atoms with Crippen molar-refractivity contribution in [2.75, 3.05) is 5.32 Å². The molecule has 0 atom stereocenters. The first-order valence-electron chi connectivity index (χ1n) is 8.43. The van der Waals surface area contributed by atoms with Gasteiger partial charge in [-0.05, 0) is 30.7 Å². The Labute approximate surface area is 170 Å². The van der Waals surface area contributed by atoms with Crippen molar-refractivity contribution in [1.82, 2.24) is 15.0 Å². The molecule has 8 heteroatoms. The highest BCUT2D eigenvalue weighted by Crippen LogP contribution is 2.28. The van der Waals surface area contributed by atoms with E-state index in [0.717, 1.165) is 16.8 Å². The van der Waals surface area contributed by atoms with E-state index in [2.05, 4.69) is 20.3 Å². The van der Waals surface area contributed by atoms with Crippen molar-refractivity contribution in [3.63, 3.8) is 0 Å². The number of oxazole rings is 1. The summed E-state index contributed by atoms with van der Waals surface area (Å²) < 4.78 is 5.55. The Morgan fingerprint density at radius 2 is 1.89 bits per heavy atom. The molecule has 6 nitrogen and oxygen atoms in total. The maximum atomic E-state index is 12.8. The van der Waals surface area contributed by atoms with Crippen LogP contribution in [0.4, 0.5) is 5.13 Å². The van der Waals surface area contributed by atoms with Gasteiger partial charge < -0.3 is 4.42 Å². The molecule has 3 aromatic heterocycles. The van der Waals surface area contributed by atoms with Crippen LogP contribution in [0.2, 0.25) is 5.02 Å². The maximum Gasteiger partial charge on any atom is 0.295 e. The molecular weight excluding hydrogens is 396 g/mol. The van der Waals surface area contributed by atoms with Gasteiger partial charge in [0.25, 0.3) is 5.91 Å². The monoisotopic (exact) mass is 410 g/mol. The van der Waals surface area contributed by atoms with E-state index in [0.29, 0.717) is 27.4 Å². The smallest absolute Gasteiger partial charge is 0.295 e. The van der Waals surface area contributed by atoms with Gasteiger partial charge in [0.15, 0.2) is 11.0 Å². The molecule has 0 radical (unpaired) electrons. The highest BCUT2D eigenvalue weighted by Gasteiger charge is 2.21. The van der Waals surface area contributed by atoms with Crippen molar-refractivity contribution in [2.45, 2.75) is 13.8 Å². The lowest BCUT2D eigenvalue weighted by atomic mass is 10.1. The summed E-state index contributed by atoms with van der Waals surface area (Å²) in [6.45, 7) is 3.66. The summed E-state index contributed by atoms with van der Waals surface area (Å²) in [6, 6.07) is 10.9.